The molecule has 0 bridgehead atoms. The topological polar surface area (TPSA) is 124 Å². The molecule has 28 heavy (non-hydrogen) atoms. The van der Waals surface area contributed by atoms with Crippen LogP contribution in [0.25, 0.3) is 0 Å². The molecule has 0 heterocycles. The van der Waals surface area contributed by atoms with E-state index in [1.54, 1.807) is 6.07 Å². The summed E-state index contributed by atoms with van der Waals surface area (Å²) in [5.41, 5.74) is 0.374. The van der Waals surface area contributed by atoms with Crippen molar-refractivity contribution in [3.05, 3.63) is 69.8 Å². The molecule has 2 rings (SSSR count). The molecule has 0 amide bonds. The fourth-order valence-electron chi connectivity index (χ4n) is 2.32. The van der Waals surface area contributed by atoms with Crippen LogP contribution in [0.1, 0.15) is 22.8 Å². The van der Waals surface area contributed by atoms with Gasteiger partial charge in [-0.05, 0) is 25.1 Å². The highest BCUT2D eigenvalue weighted by molar-refractivity contribution is 7.89. The summed E-state index contributed by atoms with van der Waals surface area (Å²) in [5.74, 6) is -1.06. The molecule has 0 aliphatic heterocycles. The van der Waals surface area contributed by atoms with E-state index in [4.69, 9.17) is 4.74 Å². The van der Waals surface area contributed by atoms with E-state index < -0.39 is 27.5 Å². The largest absolute Gasteiger partial charge is 0.460 e. The van der Waals surface area contributed by atoms with Crippen LogP contribution in [0.5, 0.6) is 0 Å². The lowest BCUT2D eigenvalue weighted by Crippen LogP contribution is -2.33. The second-order valence-electron chi connectivity index (χ2n) is 5.89. The molecule has 2 aromatic carbocycles. The standard InChI is InChI=1S/C18H18N2O7S/c1-13(21)14-7-9-16(10-8-14)28(25,26)19(2)11-18(22)27-12-15-5-3-4-6-17(15)20(23)24/h3-10H,11-12H2,1-2H3. The van der Waals surface area contributed by atoms with Gasteiger partial charge < -0.3 is 4.74 Å². The Balaban J connectivity index is 2.03. The van der Waals surface area contributed by atoms with E-state index >= 15 is 0 Å². The quantitative estimate of drug-likeness (QED) is 0.285. The van der Waals surface area contributed by atoms with Gasteiger partial charge in [-0.2, -0.15) is 4.31 Å². The molecular formula is C18H18N2O7S. The number of sulfonamides is 1. The van der Waals surface area contributed by atoms with Crippen LogP contribution >= 0.6 is 0 Å². The molecule has 0 atom stereocenters. The van der Waals surface area contributed by atoms with Crippen LogP contribution in [-0.4, -0.2) is 43.0 Å². The molecule has 0 aromatic heterocycles. The van der Waals surface area contributed by atoms with Gasteiger partial charge in [-0.3, -0.25) is 19.7 Å². The first-order valence-electron chi connectivity index (χ1n) is 8.08. The van der Waals surface area contributed by atoms with Crippen molar-refractivity contribution in [2.24, 2.45) is 0 Å². The highest BCUT2D eigenvalue weighted by Crippen LogP contribution is 2.19. The van der Waals surface area contributed by atoms with Gasteiger partial charge in [0, 0.05) is 18.7 Å². The zero-order chi connectivity index (χ0) is 20.9. The number of rotatable bonds is 8. The zero-order valence-corrected chi connectivity index (χ0v) is 16.0. The van der Waals surface area contributed by atoms with E-state index in [0.717, 1.165) is 4.31 Å². The number of benzene rings is 2. The fourth-order valence-corrected chi connectivity index (χ4v) is 3.44. The summed E-state index contributed by atoms with van der Waals surface area (Å²) >= 11 is 0. The summed E-state index contributed by atoms with van der Waals surface area (Å²) in [6, 6.07) is 11.1. The summed E-state index contributed by atoms with van der Waals surface area (Å²) < 4.78 is 30.8. The summed E-state index contributed by atoms with van der Waals surface area (Å²) in [6.45, 7) is 0.442. The number of hydrogen-bond acceptors (Lipinski definition) is 7. The Kier molecular flexibility index (Phi) is 6.60. The summed E-state index contributed by atoms with van der Waals surface area (Å²) in [6.07, 6.45) is 0. The van der Waals surface area contributed by atoms with Crippen molar-refractivity contribution >= 4 is 27.5 Å². The number of hydrogen-bond donors (Lipinski definition) is 0. The third-order valence-electron chi connectivity index (χ3n) is 3.90. The molecule has 9 nitrogen and oxygen atoms in total. The molecule has 0 radical (unpaired) electrons. The van der Waals surface area contributed by atoms with Gasteiger partial charge in [-0.15, -0.1) is 0 Å². The van der Waals surface area contributed by atoms with E-state index in [1.165, 1.54) is 56.4 Å². The van der Waals surface area contributed by atoms with Crippen molar-refractivity contribution in [3.63, 3.8) is 0 Å². The Labute approximate surface area is 161 Å². The highest BCUT2D eigenvalue weighted by atomic mass is 32.2. The lowest BCUT2D eigenvalue weighted by atomic mass is 10.2. The highest BCUT2D eigenvalue weighted by Gasteiger charge is 2.24. The number of para-hydroxylation sites is 1. The van der Waals surface area contributed by atoms with Crippen LogP contribution < -0.4 is 0 Å². The zero-order valence-electron chi connectivity index (χ0n) is 15.2. The SMILES string of the molecule is CC(=O)c1ccc(S(=O)(=O)N(C)CC(=O)OCc2ccccc2[N+](=O)[O-])cc1. The number of esters is 1. The molecule has 0 saturated carbocycles. The number of nitro groups is 1. The maximum absolute atomic E-state index is 12.5. The summed E-state index contributed by atoms with van der Waals surface area (Å²) in [7, 11) is -2.76. The molecule has 0 fully saturated rings. The maximum atomic E-state index is 12.5. The average Bonchev–Trinajstić information content (AvgIpc) is 2.66. The molecule has 0 N–H and O–H groups in total. The van der Waals surface area contributed by atoms with Crippen molar-refractivity contribution in [2.75, 3.05) is 13.6 Å². The van der Waals surface area contributed by atoms with Crippen molar-refractivity contribution in [2.45, 2.75) is 18.4 Å². The lowest BCUT2D eigenvalue weighted by molar-refractivity contribution is -0.385. The van der Waals surface area contributed by atoms with Gasteiger partial charge in [-0.25, -0.2) is 8.42 Å². The number of carbonyl (C=O) groups is 2. The molecule has 0 unspecified atom stereocenters. The van der Waals surface area contributed by atoms with Crippen molar-refractivity contribution < 1.29 is 27.7 Å². The number of Topliss-reactive ketones (excluding diaryl/α,β-unsaturated/α-hetero) is 1. The number of carbonyl (C=O) groups excluding carboxylic acids is 2. The van der Waals surface area contributed by atoms with Gasteiger partial charge in [0.2, 0.25) is 10.0 Å². The predicted molar refractivity (Wildman–Crippen MR) is 99.2 cm³/mol. The van der Waals surface area contributed by atoms with E-state index in [9.17, 15) is 28.1 Å². The summed E-state index contributed by atoms with van der Waals surface area (Å²) in [4.78, 5) is 33.5. The maximum Gasteiger partial charge on any atom is 0.321 e. The Hall–Kier alpha value is -3.11. The van der Waals surface area contributed by atoms with E-state index in [1.807, 2.05) is 0 Å². The monoisotopic (exact) mass is 406 g/mol. The van der Waals surface area contributed by atoms with Gasteiger partial charge in [0.05, 0.1) is 15.4 Å². The van der Waals surface area contributed by atoms with E-state index in [0.29, 0.717) is 5.56 Å². The van der Waals surface area contributed by atoms with Crippen molar-refractivity contribution in [1.29, 1.82) is 0 Å². The molecule has 0 aliphatic rings. The number of ketones is 1. The molecule has 10 heteroatoms. The third kappa shape index (κ3) is 4.99. The van der Waals surface area contributed by atoms with Gasteiger partial charge >= 0.3 is 5.97 Å². The lowest BCUT2D eigenvalue weighted by Gasteiger charge is -2.16. The molecule has 148 valence electrons. The van der Waals surface area contributed by atoms with Crippen LogP contribution in [0.3, 0.4) is 0 Å². The number of nitrogens with zero attached hydrogens (tertiary/aromatic N) is 2. The van der Waals surface area contributed by atoms with Crippen molar-refractivity contribution in [1.82, 2.24) is 4.31 Å². The number of ether oxygens (including phenoxy) is 1. The first-order valence-corrected chi connectivity index (χ1v) is 9.52. The molecular weight excluding hydrogens is 388 g/mol. The molecule has 0 spiro atoms. The molecule has 0 saturated heterocycles. The predicted octanol–water partition coefficient (Wildman–Crippen LogP) is 2.16. The second-order valence-corrected chi connectivity index (χ2v) is 7.93. The summed E-state index contributed by atoms with van der Waals surface area (Å²) in [5, 5.41) is 11.0. The number of nitro benzene ring substituents is 1. The van der Waals surface area contributed by atoms with Gasteiger partial charge in [-0.1, -0.05) is 24.3 Å². The molecule has 2 aromatic rings. The minimum absolute atomic E-state index is 0.0773. The Bertz CT molecular complexity index is 1000. The minimum atomic E-state index is -3.97. The smallest absolute Gasteiger partial charge is 0.321 e. The van der Waals surface area contributed by atoms with Crippen LogP contribution in [0.4, 0.5) is 5.69 Å². The molecule has 0 aliphatic carbocycles. The first kappa shape index (κ1) is 21.2. The van der Waals surface area contributed by atoms with Gasteiger partial charge in [0.25, 0.3) is 5.69 Å². The Morgan fingerprint density at radius 2 is 1.71 bits per heavy atom. The van der Waals surface area contributed by atoms with Crippen LogP contribution in [0.2, 0.25) is 0 Å². The Morgan fingerprint density at radius 1 is 1.11 bits per heavy atom. The average molecular weight is 406 g/mol. The fraction of sp³-hybridized carbons (Fsp3) is 0.222. The van der Waals surface area contributed by atoms with Crippen LogP contribution in [0.15, 0.2) is 53.4 Å². The normalized spacial score (nSPS) is 11.2. The third-order valence-corrected chi connectivity index (χ3v) is 5.72. The van der Waals surface area contributed by atoms with Gasteiger partial charge in [0.15, 0.2) is 5.78 Å². The number of likely N-dealkylation sites (N-methyl/N-ethyl adjacent to an activating group) is 1. The van der Waals surface area contributed by atoms with Gasteiger partial charge in [0.1, 0.15) is 13.2 Å². The van der Waals surface area contributed by atoms with Crippen molar-refractivity contribution in [3.8, 4) is 0 Å². The second kappa shape index (κ2) is 8.72. The first-order chi connectivity index (χ1) is 13.1. The van der Waals surface area contributed by atoms with E-state index in [2.05, 4.69) is 0 Å². The van der Waals surface area contributed by atoms with Crippen LogP contribution in [-0.2, 0) is 26.2 Å². The van der Waals surface area contributed by atoms with E-state index in [-0.39, 0.29) is 28.5 Å². The minimum Gasteiger partial charge on any atom is -0.460 e. The van der Waals surface area contributed by atoms with Crippen LogP contribution in [0, 0.1) is 10.1 Å². The Morgan fingerprint density at radius 3 is 2.29 bits per heavy atom.